The lowest BCUT2D eigenvalue weighted by Crippen LogP contribution is -2.52. The molecule has 2 amide bonds. The first-order chi connectivity index (χ1) is 11.4. The second-order valence-electron chi connectivity index (χ2n) is 6.47. The van der Waals surface area contributed by atoms with Crippen molar-refractivity contribution in [3.63, 3.8) is 0 Å². The summed E-state index contributed by atoms with van der Waals surface area (Å²) < 4.78 is 13.2. The molecule has 24 heavy (non-hydrogen) atoms. The number of H-pyrrole nitrogens is 1. The van der Waals surface area contributed by atoms with Gasteiger partial charge in [-0.05, 0) is 36.6 Å². The number of carbonyl (C=O) groups is 2. The molecule has 0 aliphatic carbocycles. The summed E-state index contributed by atoms with van der Waals surface area (Å²) in [4.78, 5) is 28.2. The van der Waals surface area contributed by atoms with Crippen LogP contribution < -0.4 is 5.73 Å². The summed E-state index contributed by atoms with van der Waals surface area (Å²) in [6.45, 7) is 0.642. The van der Waals surface area contributed by atoms with Gasteiger partial charge in [-0.15, -0.1) is 0 Å². The van der Waals surface area contributed by atoms with Gasteiger partial charge < -0.3 is 20.7 Å². The second-order valence-corrected chi connectivity index (χ2v) is 6.47. The van der Waals surface area contributed by atoms with Crippen molar-refractivity contribution in [1.82, 2.24) is 9.88 Å². The van der Waals surface area contributed by atoms with Crippen molar-refractivity contribution in [3.05, 3.63) is 35.8 Å². The molecule has 1 aliphatic rings. The smallest absolute Gasteiger partial charge is 0.227 e. The average molecular weight is 333 g/mol. The van der Waals surface area contributed by atoms with Gasteiger partial charge in [0.15, 0.2) is 0 Å². The van der Waals surface area contributed by atoms with Gasteiger partial charge in [-0.25, -0.2) is 4.39 Å². The zero-order chi connectivity index (χ0) is 17.3. The van der Waals surface area contributed by atoms with Gasteiger partial charge in [-0.3, -0.25) is 9.59 Å². The SMILES string of the molecule is NC(=O)CC1(O)CCCN(C(=O)Cc2c[nH]c3cc(F)ccc23)C1. The van der Waals surface area contributed by atoms with E-state index < -0.39 is 11.5 Å². The number of rotatable bonds is 4. The molecule has 1 saturated heterocycles. The van der Waals surface area contributed by atoms with Gasteiger partial charge in [0.2, 0.25) is 11.8 Å². The highest BCUT2D eigenvalue weighted by molar-refractivity contribution is 5.89. The van der Waals surface area contributed by atoms with Crippen molar-refractivity contribution >= 4 is 22.7 Å². The van der Waals surface area contributed by atoms with E-state index in [-0.39, 0.29) is 31.1 Å². The normalized spacial score (nSPS) is 21.2. The van der Waals surface area contributed by atoms with E-state index in [2.05, 4.69) is 4.98 Å². The summed E-state index contributed by atoms with van der Waals surface area (Å²) in [7, 11) is 0. The molecule has 1 unspecified atom stereocenters. The molecule has 7 heteroatoms. The molecule has 0 bridgehead atoms. The Bertz CT molecular complexity index is 788. The fraction of sp³-hybridized carbons (Fsp3) is 0.412. The molecule has 1 aromatic heterocycles. The summed E-state index contributed by atoms with van der Waals surface area (Å²) in [6, 6.07) is 4.38. The highest BCUT2D eigenvalue weighted by Gasteiger charge is 2.36. The standard InChI is InChI=1S/C17H20FN3O3/c18-12-2-3-13-11(9-20-14(13)7-12)6-16(23)21-5-1-4-17(24,10-21)8-15(19)22/h2-3,7,9,20,24H,1,4-6,8,10H2,(H2,19,22). The second kappa shape index (κ2) is 6.24. The number of amides is 2. The molecule has 1 atom stereocenters. The van der Waals surface area contributed by atoms with Crippen LogP contribution in [0.1, 0.15) is 24.8 Å². The fourth-order valence-corrected chi connectivity index (χ4v) is 3.37. The lowest BCUT2D eigenvalue weighted by atomic mass is 9.89. The first-order valence-corrected chi connectivity index (χ1v) is 7.90. The first kappa shape index (κ1) is 16.4. The number of aromatic amines is 1. The molecular weight excluding hydrogens is 313 g/mol. The molecule has 0 saturated carbocycles. The average Bonchev–Trinajstić information content (AvgIpc) is 2.88. The van der Waals surface area contributed by atoms with Gasteiger partial charge in [0.05, 0.1) is 18.4 Å². The largest absolute Gasteiger partial charge is 0.388 e. The van der Waals surface area contributed by atoms with Crippen molar-refractivity contribution in [2.75, 3.05) is 13.1 Å². The molecule has 128 valence electrons. The number of nitrogens with zero attached hydrogens (tertiary/aromatic N) is 1. The zero-order valence-electron chi connectivity index (χ0n) is 13.2. The van der Waals surface area contributed by atoms with E-state index >= 15 is 0 Å². The fourth-order valence-electron chi connectivity index (χ4n) is 3.37. The molecule has 4 N–H and O–H groups in total. The Morgan fingerprint density at radius 3 is 2.96 bits per heavy atom. The summed E-state index contributed by atoms with van der Waals surface area (Å²) in [5.74, 6) is -1.05. The number of benzene rings is 1. The van der Waals surface area contributed by atoms with E-state index in [0.29, 0.717) is 24.9 Å². The van der Waals surface area contributed by atoms with E-state index in [4.69, 9.17) is 5.73 Å². The Kier molecular flexibility index (Phi) is 4.28. The zero-order valence-corrected chi connectivity index (χ0v) is 13.2. The number of piperidine rings is 1. The number of likely N-dealkylation sites (tertiary alicyclic amines) is 1. The number of β-amino-alcohol motifs (C(OH)–C–C–N with tert-alkyl or cyclic N) is 1. The van der Waals surface area contributed by atoms with Crippen LogP contribution >= 0.6 is 0 Å². The molecule has 1 aromatic carbocycles. The lowest BCUT2D eigenvalue weighted by molar-refractivity contribution is -0.141. The highest BCUT2D eigenvalue weighted by Crippen LogP contribution is 2.26. The Labute approximate surface area is 138 Å². The number of hydrogen-bond acceptors (Lipinski definition) is 3. The van der Waals surface area contributed by atoms with E-state index in [9.17, 15) is 19.1 Å². The molecule has 1 aliphatic heterocycles. The van der Waals surface area contributed by atoms with E-state index in [0.717, 1.165) is 10.9 Å². The van der Waals surface area contributed by atoms with Gasteiger partial charge in [0, 0.05) is 30.2 Å². The minimum atomic E-state index is -1.25. The predicted molar refractivity (Wildman–Crippen MR) is 86.5 cm³/mol. The van der Waals surface area contributed by atoms with E-state index in [1.165, 1.54) is 12.1 Å². The summed E-state index contributed by atoms with van der Waals surface area (Å²) in [5, 5.41) is 11.2. The van der Waals surface area contributed by atoms with Crippen molar-refractivity contribution in [2.45, 2.75) is 31.3 Å². The van der Waals surface area contributed by atoms with Crippen molar-refractivity contribution in [1.29, 1.82) is 0 Å². The quantitative estimate of drug-likeness (QED) is 0.780. The molecule has 0 spiro atoms. The lowest BCUT2D eigenvalue weighted by Gasteiger charge is -2.38. The predicted octanol–water partition coefficient (Wildman–Crippen LogP) is 1.08. The van der Waals surface area contributed by atoms with Crippen LogP contribution in [-0.4, -0.2) is 45.5 Å². The number of aliphatic hydroxyl groups is 1. The summed E-state index contributed by atoms with van der Waals surface area (Å²) in [6.07, 6.45) is 2.77. The third-order valence-electron chi connectivity index (χ3n) is 4.48. The van der Waals surface area contributed by atoms with Crippen molar-refractivity contribution < 1.29 is 19.1 Å². The van der Waals surface area contributed by atoms with Gasteiger partial charge in [0.1, 0.15) is 5.82 Å². The molecule has 6 nitrogen and oxygen atoms in total. The molecular formula is C17H20FN3O3. The number of hydrogen-bond donors (Lipinski definition) is 3. The van der Waals surface area contributed by atoms with Crippen LogP contribution in [0.2, 0.25) is 0 Å². The van der Waals surface area contributed by atoms with Crippen LogP contribution in [-0.2, 0) is 16.0 Å². The molecule has 3 rings (SSSR count). The third kappa shape index (κ3) is 3.41. The van der Waals surface area contributed by atoms with Crippen LogP contribution in [0.3, 0.4) is 0 Å². The maximum Gasteiger partial charge on any atom is 0.227 e. The summed E-state index contributed by atoms with van der Waals surface area (Å²) >= 11 is 0. The number of nitrogens with one attached hydrogen (secondary N) is 1. The van der Waals surface area contributed by atoms with Gasteiger partial charge in [-0.2, -0.15) is 0 Å². The van der Waals surface area contributed by atoms with E-state index in [1.54, 1.807) is 17.2 Å². The van der Waals surface area contributed by atoms with Crippen LogP contribution in [0.25, 0.3) is 10.9 Å². The molecule has 2 heterocycles. The number of primary amides is 1. The number of fused-ring (bicyclic) bond motifs is 1. The van der Waals surface area contributed by atoms with Crippen LogP contribution in [0, 0.1) is 5.82 Å². The maximum atomic E-state index is 13.2. The Morgan fingerprint density at radius 1 is 1.42 bits per heavy atom. The first-order valence-electron chi connectivity index (χ1n) is 7.90. The van der Waals surface area contributed by atoms with Gasteiger partial charge in [-0.1, -0.05) is 0 Å². The number of nitrogens with two attached hydrogens (primary N) is 1. The van der Waals surface area contributed by atoms with Crippen LogP contribution in [0.4, 0.5) is 4.39 Å². The van der Waals surface area contributed by atoms with E-state index in [1.807, 2.05) is 0 Å². The number of carbonyl (C=O) groups excluding carboxylic acids is 2. The third-order valence-corrected chi connectivity index (χ3v) is 4.48. The topological polar surface area (TPSA) is 99.4 Å². The maximum absolute atomic E-state index is 13.2. The summed E-state index contributed by atoms with van der Waals surface area (Å²) in [5.41, 5.74) is 5.35. The van der Waals surface area contributed by atoms with Crippen LogP contribution in [0.5, 0.6) is 0 Å². The Balaban J connectivity index is 1.73. The van der Waals surface area contributed by atoms with Crippen molar-refractivity contribution in [3.8, 4) is 0 Å². The number of aromatic nitrogens is 1. The van der Waals surface area contributed by atoms with Crippen molar-refractivity contribution in [2.24, 2.45) is 5.73 Å². The highest BCUT2D eigenvalue weighted by atomic mass is 19.1. The molecule has 2 aromatic rings. The number of halogens is 1. The van der Waals surface area contributed by atoms with Gasteiger partial charge >= 0.3 is 0 Å². The minimum Gasteiger partial charge on any atom is -0.388 e. The minimum absolute atomic E-state index is 0.103. The molecule has 0 radical (unpaired) electrons. The van der Waals surface area contributed by atoms with Gasteiger partial charge in [0.25, 0.3) is 0 Å². The Morgan fingerprint density at radius 2 is 2.21 bits per heavy atom. The monoisotopic (exact) mass is 333 g/mol. The Hall–Kier alpha value is -2.41. The van der Waals surface area contributed by atoms with Crippen LogP contribution in [0.15, 0.2) is 24.4 Å². The molecule has 1 fully saturated rings.